The fourth-order valence-corrected chi connectivity index (χ4v) is 3.78. The highest BCUT2D eigenvalue weighted by atomic mass is 14.2. The van der Waals surface area contributed by atoms with Gasteiger partial charge in [-0.1, -0.05) is 74.9 Å². The van der Waals surface area contributed by atoms with Crippen molar-refractivity contribution in [3.05, 3.63) is 59.7 Å². The number of rotatable bonds is 5. The Morgan fingerprint density at radius 1 is 0.808 bits per heavy atom. The standard InChI is InChI=1S/C26H32/c1-3-4-5-6-22-13-17-25(18-14-22)26-19-15-24(16-20-26)12-11-23-9-7-21(2)8-10-23/h13-21,23H,3-10H2,1-2H3/t21-,23-. The molecule has 0 aliphatic heterocycles. The molecule has 1 saturated carbocycles. The summed E-state index contributed by atoms with van der Waals surface area (Å²) in [5.41, 5.74) is 5.17. The van der Waals surface area contributed by atoms with E-state index in [2.05, 4.69) is 74.2 Å². The van der Waals surface area contributed by atoms with Crippen LogP contribution in [-0.4, -0.2) is 0 Å². The molecule has 0 unspecified atom stereocenters. The second-order valence-corrected chi connectivity index (χ2v) is 7.96. The van der Waals surface area contributed by atoms with Gasteiger partial charge in [0.15, 0.2) is 0 Å². The van der Waals surface area contributed by atoms with Crippen LogP contribution in [0.3, 0.4) is 0 Å². The Balaban J connectivity index is 1.59. The fourth-order valence-electron chi connectivity index (χ4n) is 3.78. The Bertz CT molecular complexity index is 716. The Kier molecular flexibility index (Phi) is 6.96. The van der Waals surface area contributed by atoms with E-state index in [4.69, 9.17) is 0 Å². The minimum atomic E-state index is 0.603. The first-order valence-electron chi connectivity index (χ1n) is 10.5. The third-order valence-corrected chi connectivity index (χ3v) is 5.68. The van der Waals surface area contributed by atoms with Crippen molar-refractivity contribution < 1.29 is 0 Å². The van der Waals surface area contributed by atoms with Crippen molar-refractivity contribution in [2.75, 3.05) is 0 Å². The van der Waals surface area contributed by atoms with Gasteiger partial charge in [0.1, 0.15) is 0 Å². The molecular formula is C26H32. The van der Waals surface area contributed by atoms with E-state index >= 15 is 0 Å². The predicted octanol–water partition coefficient (Wildman–Crippen LogP) is 7.26. The molecule has 0 nitrogen and oxygen atoms in total. The lowest BCUT2D eigenvalue weighted by molar-refractivity contribution is 0.337. The van der Waals surface area contributed by atoms with Crippen LogP contribution in [0.25, 0.3) is 11.1 Å². The Labute approximate surface area is 160 Å². The second kappa shape index (κ2) is 9.63. The van der Waals surface area contributed by atoms with E-state index < -0.39 is 0 Å². The number of unbranched alkanes of at least 4 members (excludes halogenated alkanes) is 2. The predicted molar refractivity (Wildman–Crippen MR) is 113 cm³/mol. The first kappa shape index (κ1) is 18.8. The van der Waals surface area contributed by atoms with Crippen molar-refractivity contribution in [2.24, 2.45) is 11.8 Å². The molecule has 2 aromatic carbocycles. The third kappa shape index (κ3) is 5.50. The zero-order valence-corrected chi connectivity index (χ0v) is 16.4. The summed E-state index contributed by atoms with van der Waals surface area (Å²) in [6.07, 6.45) is 10.3. The van der Waals surface area contributed by atoms with Crippen molar-refractivity contribution in [1.29, 1.82) is 0 Å². The number of hydrogen-bond acceptors (Lipinski definition) is 0. The lowest BCUT2D eigenvalue weighted by Gasteiger charge is -2.21. The van der Waals surface area contributed by atoms with Gasteiger partial charge in [0.05, 0.1) is 0 Å². The number of aryl methyl sites for hydroxylation is 1. The molecule has 1 aliphatic rings. The van der Waals surface area contributed by atoms with Gasteiger partial charge in [-0.2, -0.15) is 0 Å². The van der Waals surface area contributed by atoms with E-state index in [0.29, 0.717) is 5.92 Å². The molecular weight excluding hydrogens is 312 g/mol. The summed E-state index contributed by atoms with van der Waals surface area (Å²) in [6.45, 7) is 4.62. The molecule has 0 heteroatoms. The van der Waals surface area contributed by atoms with Gasteiger partial charge in [0.2, 0.25) is 0 Å². The van der Waals surface area contributed by atoms with Crippen molar-refractivity contribution in [3.63, 3.8) is 0 Å². The van der Waals surface area contributed by atoms with Crippen molar-refractivity contribution in [3.8, 4) is 23.0 Å². The van der Waals surface area contributed by atoms with E-state index in [1.807, 2.05) is 0 Å². The molecule has 0 saturated heterocycles. The molecule has 0 amide bonds. The second-order valence-electron chi connectivity index (χ2n) is 7.96. The minimum Gasteiger partial charge on any atom is -0.0945 e. The highest BCUT2D eigenvalue weighted by Crippen LogP contribution is 2.27. The molecule has 0 atom stereocenters. The van der Waals surface area contributed by atoms with Gasteiger partial charge < -0.3 is 0 Å². The van der Waals surface area contributed by atoms with Gasteiger partial charge in [-0.15, -0.1) is 0 Å². The fraction of sp³-hybridized carbons (Fsp3) is 0.462. The highest BCUT2D eigenvalue weighted by molar-refractivity contribution is 5.64. The normalized spacial score (nSPS) is 19.6. The molecule has 0 radical (unpaired) electrons. The van der Waals surface area contributed by atoms with Crippen molar-refractivity contribution >= 4 is 0 Å². The summed E-state index contributed by atoms with van der Waals surface area (Å²) in [6, 6.07) is 17.8. The van der Waals surface area contributed by atoms with Crippen molar-refractivity contribution in [2.45, 2.75) is 65.2 Å². The van der Waals surface area contributed by atoms with Crippen LogP contribution in [0.15, 0.2) is 48.5 Å². The highest BCUT2D eigenvalue weighted by Gasteiger charge is 2.15. The topological polar surface area (TPSA) is 0 Å². The maximum absolute atomic E-state index is 3.50. The molecule has 1 aliphatic carbocycles. The molecule has 0 aromatic heterocycles. The minimum absolute atomic E-state index is 0.603. The lowest BCUT2D eigenvalue weighted by atomic mass is 9.83. The van der Waals surface area contributed by atoms with E-state index in [0.717, 1.165) is 11.5 Å². The van der Waals surface area contributed by atoms with Crippen LogP contribution >= 0.6 is 0 Å². The smallest absolute Gasteiger partial charge is 0.0245 e. The first-order chi connectivity index (χ1) is 12.7. The van der Waals surface area contributed by atoms with Crippen LogP contribution in [0, 0.1) is 23.7 Å². The van der Waals surface area contributed by atoms with Gasteiger partial charge in [0, 0.05) is 11.5 Å². The van der Waals surface area contributed by atoms with Crippen LogP contribution in [0.2, 0.25) is 0 Å². The van der Waals surface area contributed by atoms with Crippen LogP contribution in [0.4, 0.5) is 0 Å². The van der Waals surface area contributed by atoms with Gasteiger partial charge in [0.25, 0.3) is 0 Å². The molecule has 0 N–H and O–H groups in total. The largest absolute Gasteiger partial charge is 0.0945 e. The first-order valence-corrected chi connectivity index (χ1v) is 10.5. The maximum atomic E-state index is 3.50. The molecule has 0 bridgehead atoms. The van der Waals surface area contributed by atoms with E-state index in [1.165, 1.54) is 68.1 Å². The van der Waals surface area contributed by atoms with Crippen LogP contribution in [0.1, 0.15) is 69.9 Å². The van der Waals surface area contributed by atoms with Crippen molar-refractivity contribution in [1.82, 2.24) is 0 Å². The zero-order valence-electron chi connectivity index (χ0n) is 16.4. The van der Waals surface area contributed by atoms with E-state index in [1.54, 1.807) is 0 Å². The van der Waals surface area contributed by atoms with Crippen LogP contribution < -0.4 is 0 Å². The summed E-state index contributed by atoms with van der Waals surface area (Å²) in [7, 11) is 0. The average molecular weight is 345 g/mol. The maximum Gasteiger partial charge on any atom is 0.0245 e. The van der Waals surface area contributed by atoms with Gasteiger partial charge >= 0.3 is 0 Å². The summed E-state index contributed by atoms with van der Waals surface area (Å²) >= 11 is 0. The Hall–Kier alpha value is -2.00. The Morgan fingerprint density at radius 2 is 1.42 bits per heavy atom. The Morgan fingerprint density at radius 3 is 2.04 bits per heavy atom. The van der Waals surface area contributed by atoms with Gasteiger partial charge in [-0.25, -0.2) is 0 Å². The SMILES string of the molecule is CCCCCc1ccc(-c2ccc(C#C[C@H]3CC[C@H](C)CC3)cc2)cc1. The van der Waals surface area contributed by atoms with Gasteiger partial charge in [-0.05, 0) is 73.3 Å². The van der Waals surface area contributed by atoms with Crippen LogP contribution in [0.5, 0.6) is 0 Å². The summed E-state index contributed by atoms with van der Waals surface area (Å²) < 4.78 is 0. The quantitative estimate of drug-likeness (QED) is 0.395. The van der Waals surface area contributed by atoms with Crippen LogP contribution in [-0.2, 0) is 6.42 Å². The van der Waals surface area contributed by atoms with E-state index in [-0.39, 0.29) is 0 Å². The molecule has 1 fully saturated rings. The summed E-state index contributed by atoms with van der Waals surface area (Å²) in [5, 5.41) is 0. The van der Waals surface area contributed by atoms with Gasteiger partial charge in [-0.3, -0.25) is 0 Å². The lowest BCUT2D eigenvalue weighted by Crippen LogP contribution is -2.10. The molecule has 0 spiro atoms. The third-order valence-electron chi connectivity index (χ3n) is 5.68. The summed E-state index contributed by atoms with van der Waals surface area (Å²) in [4.78, 5) is 0. The monoisotopic (exact) mass is 344 g/mol. The zero-order chi connectivity index (χ0) is 18.2. The number of hydrogen-bond donors (Lipinski definition) is 0. The number of benzene rings is 2. The summed E-state index contributed by atoms with van der Waals surface area (Å²) in [5.74, 6) is 8.39. The average Bonchev–Trinajstić information content (AvgIpc) is 2.69. The van der Waals surface area contributed by atoms with E-state index in [9.17, 15) is 0 Å². The molecule has 0 heterocycles. The molecule has 26 heavy (non-hydrogen) atoms. The molecule has 136 valence electrons. The molecule has 3 rings (SSSR count). The molecule has 2 aromatic rings.